The van der Waals surface area contributed by atoms with Crippen molar-refractivity contribution in [2.24, 2.45) is 0 Å². The van der Waals surface area contributed by atoms with Gasteiger partial charge in [0.1, 0.15) is 5.65 Å². The lowest BCUT2D eigenvalue weighted by molar-refractivity contribution is 0.0973. The number of H-pyrrole nitrogens is 1. The van der Waals surface area contributed by atoms with Crippen LogP contribution in [0.25, 0.3) is 11.0 Å². The van der Waals surface area contributed by atoms with Crippen molar-refractivity contribution in [1.29, 1.82) is 0 Å². The minimum atomic E-state index is -0.161. The molecule has 0 unspecified atom stereocenters. The molecule has 1 saturated heterocycles. The monoisotopic (exact) mass is 446 g/mol. The van der Waals surface area contributed by atoms with E-state index >= 15 is 0 Å². The van der Waals surface area contributed by atoms with E-state index in [0.717, 1.165) is 75.0 Å². The molecule has 7 heteroatoms. The molecule has 1 fully saturated rings. The second-order valence-electron chi connectivity index (χ2n) is 8.88. The molecule has 0 saturated carbocycles. The topological polar surface area (TPSA) is 78.5 Å². The lowest BCUT2D eigenvalue weighted by atomic mass is 9.89. The smallest absolute Gasteiger partial charge is 0.249 e. The molecule has 0 atom stereocenters. The quantitative estimate of drug-likeness (QED) is 0.561. The summed E-state index contributed by atoms with van der Waals surface area (Å²) in [7, 11) is 0. The fourth-order valence-electron chi connectivity index (χ4n) is 4.86. The molecule has 3 aromatic rings. The number of rotatable bonds is 7. The van der Waals surface area contributed by atoms with Crippen LogP contribution in [-0.4, -0.2) is 60.0 Å². The zero-order chi connectivity index (χ0) is 22.6. The van der Waals surface area contributed by atoms with Crippen molar-refractivity contribution in [3.05, 3.63) is 63.9 Å². The molecule has 5 rings (SSSR count). The minimum Gasteiger partial charge on any atom is -0.478 e. The maximum absolute atomic E-state index is 12.5. The Morgan fingerprint density at radius 2 is 1.79 bits per heavy atom. The molecule has 0 radical (unpaired) electrons. The summed E-state index contributed by atoms with van der Waals surface area (Å²) in [6.07, 6.45) is 4.68. The van der Waals surface area contributed by atoms with Crippen molar-refractivity contribution in [1.82, 2.24) is 14.9 Å². The molecule has 3 heterocycles. The molecule has 1 aliphatic heterocycles. The van der Waals surface area contributed by atoms with Crippen LogP contribution < -0.4 is 15.2 Å². The van der Waals surface area contributed by atoms with Gasteiger partial charge in [-0.15, -0.1) is 0 Å². The number of piperazine rings is 1. The second-order valence-corrected chi connectivity index (χ2v) is 8.88. The first kappa shape index (κ1) is 21.6. The van der Waals surface area contributed by atoms with E-state index in [9.17, 15) is 9.59 Å². The summed E-state index contributed by atoms with van der Waals surface area (Å²) in [5.41, 5.74) is 3.72. The van der Waals surface area contributed by atoms with E-state index < -0.39 is 0 Å². The number of hydrogen-bond donors (Lipinski definition) is 1. The molecule has 1 aliphatic carbocycles. The summed E-state index contributed by atoms with van der Waals surface area (Å²) in [6, 6.07) is 13.3. The van der Waals surface area contributed by atoms with Crippen LogP contribution in [0.4, 0.5) is 5.69 Å². The molecule has 0 bridgehead atoms. The Morgan fingerprint density at radius 1 is 0.939 bits per heavy atom. The number of aryl methyl sites for hydroxylation is 1. The molecular formula is C26H30N4O3. The number of ether oxygens (including phenoxy) is 1. The van der Waals surface area contributed by atoms with Crippen LogP contribution in [0.1, 0.15) is 41.6 Å². The summed E-state index contributed by atoms with van der Waals surface area (Å²) in [4.78, 5) is 36.0. The fraction of sp³-hybridized carbons (Fsp3) is 0.423. The number of unbranched alkanes of at least 4 members (excludes halogenated alkanes) is 1. The SMILES string of the molecule is O=C1CCCc2cccc(N3CCN(CCCCOc4ccc5ccc(=O)[nH]c5n4)CC3)c21. The van der Waals surface area contributed by atoms with E-state index in [2.05, 4.69) is 38.0 Å². The van der Waals surface area contributed by atoms with Crippen molar-refractivity contribution in [2.75, 3.05) is 44.2 Å². The summed E-state index contributed by atoms with van der Waals surface area (Å²) in [6.45, 7) is 5.59. The lowest BCUT2D eigenvalue weighted by Crippen LogP contribution is -2.47. The summed E-state index contributed by atoms with van der Waals surface area (Å²) in [5, 5.41) is 0.890. The number of carbonyl (C=O) groups excluding carboxylic acids is 1. The van der Waals surface area contributed by atoms with Gasteiger partial charge in [0.2, 0.25) is 11.4 Å². The zero-order valence-corrected chi connectivity index (χ0v) is 18.9. The Morgan fingerprint density at radius 3 is 2.67 bits per heavy atom. The predicted octanol–water partition coefficient (Wildman–Crippen LogP) is 3.42. The van der Waals surface area contributed by atoms with Crippen molar-refractivity contribution in [2.45, 2.75) is 32.1 Å². The number of pyridine rings is 2. The van der Waals surface area contributed by atoms with Gasteiger partial charge in [0, 0.05) is 61.4 Å². The van der Waals surface area contributed by atoms with Gasteiger partial charge in [0.05, 0.1) is 6.61 Å². The van der Waals surface area contributed by atoms with Crippen molar-refractivity contribution >= 4 is 22.5 Å². The first-order valence-electron chi connectivity index (χ1n) is 11.9. The number of ketones is 1. The number of nitrogens with one attached hydrogen (secondary N) is 1. The van der Waals surface area contributed by atoms with Gasteiger partial charge in [-0.1, -0.05) is 12.1 Å². The molecular weight excluding hydrogens is 416 g/mol. The highest BCUT2D eigenvalue weighted by atomic mass is 16.5. The van der Waals surface area contributed by atoms with Gasteiger partial charge in [-0.3, -0.25) is 14.5 Å². The number of hydrogen-bond acceptors (Lipinski definition) is 6. The molecule has 1 aromatic carbocycles. The van der Waals surface area contributed by atoms with Crippen molar-refractivity contribution in [3.8, 4) is 5.88 Å². The van der Waals surface area contributed by atoms with Crippen LogP contribution in [-0.2, 0) is 6.42 Å². The molecule has 1 N–H and O–H groups in total. The average molecular weight is 447 g/mol. The molecule has 33 heavy (non-hydrogen) atoms. The summed E-state index contributed by atoms with van der Waals surface area (Å²) in [5.74, 6) is 0.847. The number of carbonyl (C=O) groups is 1. The first-order valence-corrected chi connectivity index (χ1v) is 11.9. The molecule has 0 spiro atoms. The Labute approximate surface area is 193 Å². The lowest BCUT2D eigenvalue weighted by Gasteiger charge is -2.37. The largest absolute Gasteiger partial charge is 0.478 e. The molecule has 0 amide bonds. The van der Waals surface area contributed by atoms with E-state index in [1.807, 2.05) is 12.1 Å². The highest BCUT2D eigenvalue weighted by Crippen LogP contribution is 2.31. The third kappa shape index (κ3) is 4.93. The Bertz CT molecular complexity index is 1200. The third-order valence-corrected chi connectivity index (χ3v) is 6.65. The van der Waals surface area contributed by atoms with Gasteiger partial charge in [0.15, 0.2) is 5.78 Å². The van der Waals surface area contributed by atoms with Gasteiger partial charge in [-0.2, -0.15) is 4.98 Å². The van der Waals surface area contributed by atoms with E-state index in [0.29, 0.717) is 30.3 Å². The Balaban J connectivity index is 1.06. The van der Waals surface area contributed by atoms with E-state index in [1.54, 1.807) is 6.07 Å². The standard InChI is InChI=1S/C26H30N4O3/c31-22-8-4-6-19-5-3-7-21(25(19)22)30-16-14-29(15-17-30)13-1-2-18-33-24-12-10-20-9-11-23(32)27-26(20)28-24/h3,5,7,9-12H,1-2,4,6,8,13-18H2,(H,27,28,32). The minimum absolute atomic E-state index is 0.161. The second kappa shape index (κ2) is 9.75. The number of aromatic nitrogens is 2. The maximum atomic E-state index is 12.5. The Hall–Kier alpha value is -3.19. The van der Waals surface area contributed by atoms with Crippen LogP contribution >= 0.6 is 0 Å². The summed E-state index contributed by atoms with van der Waals surface area (Å²) < 4.78 is 5.79. The highest BCUT2D eigenvalue weighted by Gasteiger charge is 2.25. The fourth-order valence-corrected chi connectivity index (χ4v) is 4.86. The number of nitrogens with zero attached hydrogens (tertiary/aromatic N) is 3. The van der Waals surface area contributed by atoms with E-state index in [-0.39, 0.29) is 5.56 Å². The molecule has 2 aromatic heterocycles. The van der Waals surface area contributed by atoms with Crippen molar-refractivity contribution in [3.63, 3.8) is 0 Å². The number of Topliss-reactive ketones (excluding diaryl/α,β-unsaturated/α-hetero) is 1. The van der Waals surface area contributed by atoms with Crippen LogP contribution in [0, 0.1) is 0 Å². The van der Waals surface area contributed by atoms with Gasteiger partial charge < -0.3 is 14.6 Å². The maximum Gasteiger partial charge on any atom is 0.249 e. The van der Waals surface area contributed by atoms with Crippen LogP contribution in [0.3, 0.4) is 0 Å². The number of anilines is 1. The van der Waals surface area contributed by atoms with Crippen LogP contribution in [0.15, 0.2) is 47.3 Å². The number of fused-ring (bicyclic) bond motifs is 2. The highest BCUT2D eigenvalue weighted by molar-refractivity contribution is 6.03. The van der Waals surface area contributed by atoms with Crippen LogP contribution in [0.5, 0.6) is 5.88 Å². The van der Waals surface area contributed by atoms with Gasteiger partial charge in [0.25, 0.3) is 0 Å². The van der Waals surface area contributed by atoms with Gasteiger partial charge >= 0.3 is 0 Å². The van der Waals surface area contributed by atoms with Crippen molar-refractivity contribution < 1.29 is 9.53 Å². The Kier molecular flexibility index (Phi) is 6.39. The van der Waals surface area contributed by atoms with Gasteiger partial charge in [-0.25, -0.2) is 0 Å². The molecule has 7 nitrogen and oxygen atoms in total. The predicted molar refractivity (Wildman–Crippen MR) is 129 cm³/mol. The molecule has 172 valence electrons. The molecule has 2 aliphatic rings. The normalized spacial score (nSPS) is 16.7. The zero-order valence-electron chi connectivity index (χ0n) is 18.9. The van der Waals surface area contributed by atoms with E-state index in [1.165, 1.54) is 11.6 Å². The summed E-state index contributed by atoms with van der Waals surface area (Å²) >= 11 is 0. The average Bonchev–Trinajstić information content (AvgIpc) is 2.84. The number of benzene rings is 1. The number of aromatic amines is 1. The van der Waals surface area contributed by atoms with Crippen LogP contribution in [0.2, 0.25) is 0 Å². The third-order valence-electron chi connectivity index (χ3n) is 6.65. The first-order chi connectivity index (χ1) is 16.2. The van der Waals surface area contributed by atoms with E-state index in [4.69, 9.17) is 4.74 Å². The van der Waals surface area contributed by atoms with Gasteiger partial charge in [-0.05, 0) is 56.0 Å².